The van der Waals surface area contributed by atoms with Crippen LogP contribution in [0.4, 0.5) is 0 Å². The lowest BCUT2D eigenvalue weighted by Crippen LogP contribution is -1.96. The first kappa shape index (κ1) is 31.8. The van der Waals surface area contributed by atoms with Gasteiger partial charge in [0.05, 0.1) is 22.3 Å². The predicted octanol–water partition coefficient (Wildman–Crippen LogP) is 9.31. The van der Waals surface area contributed by atoms with Crippen molar-refractivity contribution in [3.8, 4) is 20.9 Å². The monoisotopic (exact) mass is 697 g/mol. The first-order valence-corrected chi connectivity index (χ1v) is 16.3. The fraction of sp³-hybridized carbons (Fsp3) is 0.0588. The van der Waals surface area contributed by atoms with E-state index >= 15 is 0 Å². The highest BCUT2D eigenvalue weighted by Crippen LogP contribution is 2.37. The van der Waals surface area contributed by atoms with E-state index in [1.807, 2.05) is 42.5 Å². The van der Waals surface area contributed by atoms with Crippen LogP contribution in [-0.2, 0) is 13.0 Å². The number of hydrogen-bond acceptors (Lipinski definition) is 9. The molecule has 0 spiro atoms. The molecule has 0 aliphatic heterocycles. The molecule has 13 heteroatoms. The first-order chi connectivity index (χ1) is 22.9. The van der Waals surface area contributed by atoms with Gasteiger partial charge in [-0.2, -0.15) is 5.21 Å². The smallest absolute Gasteiger partial charge is 0.241 e. The molecule has 1 N–H and O–H groups in total. The summed E-state index contributed by atoms with van der Waals surface area (Å²) < 4.78 is 10.4. The minimum atomic E-state index is -0.165. The van der Waals surface area contributed by atoms with Crippen molar-refractivity contribution in [1.29, 1.82) is 0 Å². The standard InChI is InChI=1S/C17H11ClN4O2S.C17H10ClNO2S/c18-12-5-3-10(4-6-12)17-11(9-15-19-21-22-20-15)8-14(25-17)16(23)13-2-1-7-24-13;1-19-10-12-9-15(16(20)14-3-2-8-21-14)22-17(12)11-4-6-13(18)7-5-11/h1-8H,9H2,(H,19,20,21,22);2-9H,10H2. The molecule has 0 aliphatic rings. The number of benzene rings is 2. The first-order valence-electron chi connectivity index (χ1n) is 13.9. The van der Waals surface area contributed by atoms with Crippen LogP contribution in [0.3, 0.4) is 0 Å². The van der Waals surface area contributed by atoms with Crippen LogP contribution >= 0.6 is 45.9 Å². The zero-order valence-corrected chi connectivity index (χ0v) is 27.3. The van der Waals surface area contributed by atoms with Gasteiger partial charge in [-0.05, 0) is 77.4 Å². The lowest BCUT2D eigenvalue weighted by atomic mass is 10.1. The Hall–Kier alpha value is -5.12. The Morgan fingerprint density at radius 2 is 1.28 bits per heavy atom. The SMILES string of the molecule is O=C(c1ccco1)c1cc(Cc2nn[nH]n2)c(-c2ccc(Cl)cc2)s1.[C-]#[N+]Cc1cc(C(=O)c2ccco2)sc1-c1ccc(Cl)cc1. The Kier molecular flexibility index (Phi) is 9.85. The van der Waals surface area contributed by atoms with Crippen LogP contribution in [0.15, 0.2) is 106 Å². The van der Waals surface area contributed by atoms with Gasteiger partial charge >= 0.3 is 0 Å². The van der Waals surface area contributed by atoms with Gasteiger partial charge in [0.25, 0.3) is 0 Å². The van der Waals surface area contributed by atoms with E-state index in [0.717, 1.165) is 32.0 Å². The number of tetrazole rings is 1. The predicted molar refractivity (Wildman–Crippen MR) is 181 cm³/mol. The maximum Gasteiger partial charge on any atom is 0.241 e. The highest BCUT2D eigenvalue weighted by atomic mass is 35.5. The van der Waals surface area contributed by atoms with E-state index in [1.165, 1.54) is 35.2 Å². The summed E-state index contributed by atoms with van der Waals surface area (Å²) in [6.07, 6.45) is 3.43. The lowest BCUT2D eigenvalue weighted by molar-refractivity contribution is 0.101. The van der Waals surface area contributed by atoms with Crippen LogP contribution in [0.2, 0.25) is 10.0 Å². The summed E-state index contributed by atoms with van der Waals surface area (Å²) in [5.41, 5.74) is 3.72. The fourth-order valence-corrected chi connectivity index (χ4v) is 7.10. The summed E-state index contributed by atoms with van der Waals surface area (Å²) in [5, 5.41) is 15.3. The van der Waals surface area contributed by atoms with Crippen molar-refractivity contribution in [1.82, 2.24) is 20.6 Å². The third-order valence-corrected chi connectivity index (χ3v) is 9.71. The van der Waals surface area contributed by atoms with E-state index in [2.05, 4.69) is 25.5 Å². The van der Waals surface area contributed by atoms with Gasteiger partial charge in [0, 0.05) is 31.8 Å². The van der Waals surface area contributed by atoms with Crippen LogP contribution in [0.5, 0.6) is 0 Å². The number of furan rings is 2. The van der Waals surface area contributed by atoms with E-state index in [9.17, 15) is 9.59 Å². The molecule has 0 atom stereocenters. The van der Waals surface area contributed by atoms with Crippen molar-refractivity contribution < 1.29 is 18.4 Å². The fourth-order valence-electron chi connectivity index (χ4n) is 4.59. The van der Waals surface area contributed by atoms with Crippen molar-refractivity contribution in [3.63, 3.8) is 0 Å². The summed E-state index contributed by atoms with van der Waals surface area (Å²) in [5.74, 6) is 0.865. The number of hydrogen-bond donors (Lipinski definition) is 1. The zero-order chi connectivity index (χ0) is 32.8. The van der Waals surface area contributed by atoms with E-state index in [4.69, 9.17) is 38.6 Å². The highest BCUT2D eigenvalue weighted by molar-refractivity contribution is 7.18. The Bertz CT molecular complexity index is 2150. The molecule has 0 saturated heterocycles. The molecular formula is C34H21Cl2N5O4S2. The number of aromatic amines is 1. The van der Waals surface area contributed by atoms with Crippen LogP contribution in [0.25, 0.3) is 25.7 Å². The van der Waals surface area contributed by atoms with Gasteiger partial charge in [0.15, 0.2) is 17.3 Å². The highest BCUT2D eigenvalue weighted by Gasteiger charge is 2.21. The normalized spacial score (nSPS) is 10.7. The van der Waals surface area contributed by atoms with E-state index in [0.29, 0.717) is 43.6 Å². The molecule has 0 aliphatic carbocycles. The minimum Gasteiger partial charge on any atom is -0.461 e. The summed E-state index contributed by atoms with van der Waals surface area (Å²) >= 11 is 14.7. The summed E-state index contributed by atoms with van der Waals surface area (Å²) in [4.78, 5) is 31.5. The van der Waals surface area contributed by atoms with Gasteiger partial charge in [-0.1, -0.05) is 52.7 Å². The second kappa shape index (κ2) is 14.5. The maximum absolute atomic E-state index is 12.6. The number of thiophene rings is 2. The zero-order valence-electron chi connectivity index (χ0n) is 24.1. The number of halogens is 2. The van der Waals surface area contributed by atoms with Crippen molar-refractivity contribution in [3.05, 3.63) is 157 Å². The second-order valence-corrected chi connectivity index (χ2v) is 12.9. The number of H-pyrrole nitrogens is 1. The van der Waals surface area contributed by atoms with E-state index < -0.39 is 0 Å². The molecule has 7 aromatic rings. The van der Waals surface area contributed by atoms with Crippen LogP contribution in [-0.4, -0.2) is 32.2 Å². The molecule has 2 aromatic carbocycles. The molecule has 0 bridgehead atoms. The molecule has 0 amide bonds. The topological polar surface area (TPSA) is 119 Å². The maximum atomic E-state index is 12.6. The quantitative estimate of drug-likeness (QED) is 0.118. The summed E-state index contributed by atoms with van der Waals surface area (Å²) in [6, 6.07) is 25.2. The number of nitrogens with zero attached hydrogens (tertiary/aromatic N) is 4. The minimum absolute atomic E-state index is 0.149. The van der Waals surface area contributed by atoms with Gasteiger partial charge in [-0.15, -0.1) is 32.9 Å². The number of carbonyl (C=O) groups is 2. The molecule has 0 saturated carbocycles. The van der Waals surface area contributed by atoms with Crippen molar-refractivity contribution in [2.45, 2.75) is 13.0 Å². The molecule has 47 heavy (non-hydrogen) atoms. The van der Waals surface area contributed by atoms with Crippen LogP contribution < -0.4 is 0 Å². The van der Waals surface area contributed by atoms with Crippen LogP contribution in [0.1, 0.15) is 47.8 Å². The third kappa shape index (κ3) is 7.48. The molecule has 9 nitrogen and oxygen atoms in total. The molecule has 5 aromatic heterocycles. The largest absolute Gasteiger partial charge is 0.461 e. The molecule has 5 heterocycles. The van der Waals surface area contributed by atoms with Crippen LogP contribution in [0, 0.1) is 6.57 Å². The Balaban J connectivity index is 0.000000166. The Morgan fingerprint density at radius 3 is 1.72 bits per heavy atom. The Labute approximate surface area is 286 Å². The number of rotatable bonds is 9. The van der Waals surface area contributed by atoms with E-state index in [1.54, 1.807) is 42.5 Å². The number of carbonyl (C=O) groups excluding carboxylic acids is 2. The number of ketones is 2. The second-order valence-electron chi connectivity index (χ2n) is 9.88. The average Bonchev–Trinajstić information content (AvgIpc) is 3.93. The number of aromatic nitrogens is 4. The van der Waals surface area contributed by atoms with Gasteiger partial charge in [-0.25, -0.2) is 6.57 Å². The van der Waals surface area contributed by atoms with E-state index in [-0.39, 0.29) is 18.1 Å². The molecule has 0 unspecified atom stereocenters. The summed E-state index contributed by atoms with van der Waals surface area (Å²) in [6.45, 7) is 7.33. The molecule has 0 fully saturated rings. The lowest BCUT2D eigenvalue weighted by Gasteiger charge is -2.02. The average molecular weight is 699 g/mol. The third-order valence-electron chi connectivity index (χ3n) is 6.76. The van der Waals surface area contributed by atoms with Gasteiger partial charge in [0.2, 0.25) is 18.1 Å². The molecule has 232 valence electrons. The Morgan fingerprint density at radius 1 is 0.766 bits per heavy atom. The van der Waals surface area contributed by atoms with Crippen molar-refractivity contribution in [2.75, 3.05) is 0 Å². The summed E-state index contributed by atoms with van der Waals surface area (Å²) in [7, 11) is 0. The van der Waals surface area contributed by atoms with Gasteiger partial charge in [-0.3, -0.25) is 9.59 Å². The van der Waals surface area contributed by atoms with Crippen molar-refractivity contribution >= 4 is 57.4 Å². The van der Waals surface area contributed by atoms with Gasteiger partial charge in [0.1, 0.15) is 0 Å². The van der Waals surface area contributed by atoms with Gasteiger partial charge < -0.3 is 13.7 Å². The number of nitrogens with one attached hydrogen (secondary N) is 1. The molecule has 0 radical (unpaired) electrons. The molecular weight excluding hydrogens is 677 g/mol. The van der Waals surface area contributed by atoms with Crippen molar-refractivity contribution in [2.24, 2.45) is 0 Å². The molecule has 7 rings (SSSR count).